The highest BCUT2D eigenvalue weighted by Gasteiger charge is 2.38. The summed E-state index contributed by atoms with van der Waals surface area (Å²) in [6.45, 7) is 5.60. The fraction of sp³-hybridized carbons (Fsp3) is 0.118. The Bertz CT molecular complexity index is 1070. The standard InChI is InChI=1S/C15H13N3O2.C2HF3O2/c1-3-12-10(2)16-15-13(19)8-11(9-18(12)15)17-7-5-4-6-14(17)20;3-2(4,5)1(6)7/h3-9,19H,1H2,2H3;(H,6,7). The van der Waals surface area contributed by atoms with Crippen LogP contribution in [0.5, 0.6) is 5.75 Å². The maximum absolute atomic E-state index is 11.9. The molecule has 0 aromatic carbocycles. The largest absolute Gasteiger partial charge is 0.504 e. The summed E-state index contributed by atoms with van der Waals surface area (Å²) in [5, 5.41) is 17.2. The first-order chi connectivity index (χ1) is 12.6. The number of pyridine rings is 2. The van der Waals surface area contributed by atoms with E-state index in [1.807, 2.05) is 6.92 Å². The molecule has 0 bridgehead atoms. The number of aromatic nitrogens is 3. The van der Waals surface area contributed by atoms with Gasteiger partial charge in [-0.15, -0.1) is 0 Å². The van der Waals surface area contributed by atoms with Gasteiger partial charge in [0, 0.05) is 24.5 Å². The summed E-state index contributed by atoms with van der Waals surface area (Å²) < 4.78 is 34.9. The summed E-state index contributed by atoms with van der Waals surface area (Å²) in [4.78, 5) is 25.1. The third kappa shape index (κ3) is 4.17. The number of imidazole rings is 1. The van der Waals surface area contributed by atoms with Gasteiger partial charge in [0.15, 0.2) is 11.4 Å². The lowest BCUT2D eigenvalue weighted by Crippen LogP contribution is -2.21. The number of nitrogens with zero attached hydrogens (tertiary/aromatic N) is 3. The van der Waals surface area contributed by atoms with Crippen LogP contribution >= 0.6 is 0 Å². The van der Waals surface area contributed by atoms with E-state index < -0.39 is 12.1 Å². The Morgan fingerprint density at radius 1 is 1.33 bits per heavy atom. The average Bonchev–Trinajstić information content (AvgIpc) is 2.91. The van der Waals surface area contributed by atoms with Gasteiger partial charge in [-0.05, 0) is 19.1 Å². The van der Waals surface area contributed by atoms with Crippen molar-refractivity contribution >= 4 is 17.7 Å². The van der Waals surface area contributed by atoms with Crippen LogP contribution in [0, 0.1) is 6.92 Å². The zero-order chi connectivity index (χ0) is 20.4. The Balaban J connectivity index is 0.000000321. The predicted octanol–water partition coefficient (Wildman–Crippen LogP) is 2.78. The molecular formula is C17H14F3N3O4. The van der Waals surface area contributed by atoms with Gasteiger partial charge in [0.05, 0.1) is 17.1 Å². The van der Waals surface area contributed by atoms with E-state index in [0.717, 1.165) is 11.4 Å². The van der Waals surface area contributed by atoms with Gasteiger partial charge in [0.2, 0.25) is 0 Å². The van der Waals surface area contributed by atoms with Crippen LogP contribution in [0.15, 0.2) is 48.0 Å². The number of fused-ring (bicyclic) bond motifs is 1. The van der Waals surface area contributed by atoms with Crippen molar-refractivity contribution in [3.63, 3.8) is 0 Å². The maximum atomic E-state index is 11.9. The highest BCUT2D eigenvalue weighted by Crippen LogP contribution is 2.24. The van der Waals surface area contributed by atoms with Crippen LogP contribution in [0.3, 0.4) is 0 Å². The number of halogens is 3. The molecule has 3 aromatic heterocycles. The Hall–Kier alpha value is -3.56. The van der Waals surface area contributed by atoms with Gasteiger partial charge in [-0.3, -0.25) is 13.8 Å². The molecule has 2 N–H and O–H groups in total. The number of aromatic hydroxyl groups is 1. The Labute approximate surface area is 150 Å². The van der Waals surface area contributed by atoms with Crippen molar-refractivity contribution in [3.05, 3.63) is 65.0 Å². The van der Waals surface area contributed by atoms with E-state index in [4.69, 9.17) is 9.90 Å². The van der Waals surface area contributed by atoms with Crippen molar-refractivity contribution in [1.29, 1.82) is 0 Å². The van der Waals surface area contributed by atoms with Crippen molar-refractivity contribution in [2.24, 2.45) is 0 Å². The van der Waals surface area contributed by atoms with Crippen LogP contribution < -0.4 is 5.56 Å². The van der Waals surface area contributed by atoms with E-state index in [0.29, 0.717) is 11.3 Å². The van der Waals surface area contributed by atoms with Gasteiger partial charge in [-0.1, -0.05) is 12.6 Å². The summed E-state index contributed by atoms with van der Waals surface area (Å²) >= 11 is 0. The van der Waals surface area contributed by atoms with Crippen LogP contribution in [-0.2, 0) is 4.79 Å². The Morgan fingerprint density at radius 2 is 1.96 bits per heavy atom. The van der Waals surface area contributed by atoms with Gasteiger partial charge in [0.25, 0.3) is 5.56 Å². The topological polar surface area (TPSA) is 96.8 Å². The summed E-state index contributed by atoms with van der Waals surface area (Å²) in [6.07, 6.45) is 0.0000954. The quantitative estimate of drug-likeness (QED) is 0.712. The summed E-state index contributed by atoms with van der Waals surface area (Å²) in [6, 6.07) is 6.43. The first-order valence-electron chi connectivity index (χ1n) is 7.38. The number of hydrogen-bond donors (Lipinski definition) is 2. The van der Waals surface area contributed by atoms with Crippen LogP contribution in [0.25, 0.3) is 17.4 Å². The molecule has 0 atom stereocenters. The molecule has 3 aromatic rings. The maximum Gasteiger partial charge on any atom is 0.490 e. The van der Waals surface area contributed by atoms with Crippen LogP contribution in [0.1, 0.15) is 11.4 Å². The van der Waals surface area contributed by atoms with E-state index in [9.17, 15) is 23.1 Å². The van der Waals surface area contributed by atoms with Gasteiger partial charge >= 0.3 is 12.1 Å². The number of aliphatic carboxylic acids is 1. The number of alkyl halides is 3. The second kappa shape index (κ2) is 7.36. The summed E-state index contributed by atoms with van der Waals surface area (Å²) in [5.41, 5.74) is 2.42. The minimum Gasteiger partial charge on any atom is -0.504 e. The third-order valence-electron chi connectivity index (χ3n) is 3.44. The molecule has 10 heteroatoms. The normalized spacial score (nSPS) is 11.0. The fourth-order valence-corrected chi connectivity index (χ4v) is 2.26. The zero-order valence-electron chi connectivity index (χ0n) is 13.9. The highest BCUT2D eigenvalue weighted by atomic mass is 19.4. The zero-order valence-corrected chi connectivity index (χ0v) is 13.9. The average molecular weight is 381 g/mol. The minimum absolute atomic E-state index is 0.0226. The molecule has 0 amide bonds. The smallest absolute Gasteiger partial charge is 0.490 e. The highest BCUT2D eigenvalue weighted by molar-refractivity contribution is 5.73. The van der Waals surface area contributed by atoms with Gasteiger partial charge < -0.3 is 10.2 Å². The summed E-state index contributed by atoms with van der Waals surface area (Å²) in [7, 11) is 0. The molecular weight excluding hydrogens is 367 g/mol. The molecule has 0 aliphatic heterocycles. The molecule has 7 nitrogen and oxygen atoms in total. The number of carbonyl (C=O) groups is 1. The number of aryl methyl sites for hydroxylation is 1. The molecule has 0 fully saturated rings. The predicted molar refractivity (Wildman–Crippen MR) is 91.0 cm³/mol. The first kappa shape index (κ1) is 19.8. The van der Waals surface area contributed by atoms with Crippen molar-refractivity contribution < 1.29 is 28.2 Å². The van der Waals surface area contributed by atoms with E-state index in [-0.39, 0.29) is 11.3 Å². The number of hydrogen-bond acceptors (Lipinski definition) is 4. The van der Waals surface area contributed by atoms with Crippen molar-refractivity contribution in [2.45, 2.75) is 13.1 Å². The van der Waals surface area contributed by atoms with E-state index in [1.54, 1.807) is 35.0 Å². The van der Waals surface area contributed by atoms with Crippen LogP contribution in [-0.4, -0.2) is 36.3 Å². The third-order valence-corrected chi connectivity index (χ3v) is 3.44. The minimum atomic E-state index is -5.08. The van der Waals surface area contributed by atoms with Gasteiger partial charge in [-0.25, -0.2) is 9.78 Å². The SMILES string of the molecule is C=Cc1c(C)nc2c(O)cc(-n3ccccc3=O)cn12.O=C(O)C(F)(F)F. The van der Waals surface area contributed by atoms with Gasteiger partial charge in [-0.2, -0.15) is 13.2 Å². The number of rotatable bonds is 2. The molecule has 3 rings (SSSR count). The molecule has 0 unspecified atom stereocenters. The first-order valence-corrected chi connectivity index (χ1v) is 7.38. The molecule has 0 saturated heterocycles. The van der Waals surface area contributed by atoms with Crippen LogP contribution in [0.4, 0.5) is 13.2 Å². The molecule has 27 heavy (non-hydrogen) atoms. The van der Waals surface area contributed by atoms with E-state index in [2.05, 4.69) is 11.6 Å². The second-order valence-corrected chi connectivity index (χ2v) is 5.28. The fourth-order valence-electron chi connectivity index (χ4n) is 2.26. The lowest BCUT2D eigenvalue weighted by molar-refractivity contribution is -0.192. The molecule has 142 valence electrons. The molecule has 0 aliphatic carbocycles. The van der Waals surface area contributed by atoms with E-state index >= 15 is 0 Å². The summed E-state index contributed by atoms with van der Waals surface area (Å²) in [5.74, 6) is -2.73. The number of carboxylic acids is 1. The Kier molecular flexibility index (Phi) is 5.39. The number of carboxylic acid groups (broad SMARTS) is 1. The van der Waals surface area contributed by atoms with Crippen molar-refractivity contribution in [3.8, 4) is 11.4 Å². The lowest BCUT2D eigenvalue weighted by Gasteiger charge is -2.08. The van der Waals surface area contributed by atoms with Crippen molar-refractivity contribution in [2.75, 3.05) is 0 Å². The van der Waals surface area contributed by atoms with Crippen molar-refractivity contribution in [1.82, 2.24) is 14.0 Å². The molecule has 3 heterocycles. The second-order valence-electron chi connectivity index (χ2n) is 5.28. The molecule has 0 spiro atoms. The van der Waals surface area contributed by atoms with Gasteiger partial charge in [0.1, 0.15) is 0 Å². The van der Waals surface area contributed by atoms with Crippen LogP contribution in [0.2, 0.25) is 0 Å². The Morgan fingerprint density at radius 3 is 2.48 bits per heavy atom. The lowest BCUT2D eigenvalue weighted by atomic mass is 10.3. The molecule has 0 radical (unpaired) electrons. The molecule has 0 saturated carbocycles. The van der Waals surface area contributed by atoms with E-state index in [1.165, 1.54) is 16.7 Å². The monoisotopic (exact) mass is 381 g/mol. The molecule has 0 aliphatic rings.